The molecule has 0 saturated heterocycles. The Hall–Kier alpha value is -1.47. The molecule has 0 spiro atoms. The molecule has 0 aliphatic heterocycles. The summed E-state index contributed by atoms with van der Waals surface area (Å²) in [5, 5.41) is 14.7. The molecule has 0 amide bonds. The number of H-pyrrole nitrogens is 1. The topological polar surface area (TPSA) is 97.2 Å². The van der Waals surface area contributed by atoms with Crippen LogP contribution in [0.2, 0.25) is 0 Å². The monoisotopic (exact) mass is 201 g/mol. The zero-order valence-corrected chi connectivity index (χ0v) is 7.64. The van der Waals surface area contributed by atoms with Crippen LogP contribution >= 0.6 is 0 Å². The smallest absolute Gasteiger partial charge is 0.344 e. The van der Waals surface area contributed by atoms with Gasteiger partial charge in [0.05, 0.1) is 19.3 Å². The van der Waals surface area contributed by atoms with E-state index >= 15 is 0 Å². The quantitative estimate of drug-likeness (QED) is 0.583. The predicted octanol–water partition coefficient (Wildman–Crippen LogP) is -2.06. The molecule has 1 aromatic rings. The van der Waals surface area contributed by atoms with Gasteiger partial charge < -0.3 is 9.84 Å². The van der Waals surface area contributed by atoms with E-state index in [-0.39, 0.29) is 13.2 Å². The molecule has 0 fully saturated rings. The lowest BCUT2D eigenvalue weighted by molar-refractivity contribution is 0.0520. The highest BCUT2D eigenvalue weighted by atomic mass is 16.5. The summed E-state index contributed by atoms with van der Waals surface area (Å²) in [6, 6.07) is 0. The summed E-state index contributed by atoms with van der Waals surface area (Å²) in [7, 11) is 1.42. The molecule has 0 radical (unpaired) electrons. The second-order valence-electron chi connectivity index (χ2n) is 2.73. The van der Waals surface area contributed by atoms with Crippen LogP contribution in [-0.2, 0) is 11.3 Å². The number of nitrogens with one attached hydrogen (secondary N) is 1. The van der Waals surface area contributed by atoms with Gasteiger partial charge in [-0.1, -0.05) is 0 Å². The van der Waals surface area contributed by atoms with Crippen molar-refractivity contribution in [2.45, 2.75) is 12.6 Å². The van der Waals surface area contributed by atoms with Gasteiger partial charge in [-0.25, -0.2) is 9.89 Å². The predicted molar refractivity (Wildman–Crippen MR) is 47.0 cm³/mol. The minimum absolute atomic E-state index is 0.0637. The third kappa shape index (κ3) is 2.51. The van der Waals surface area contributed by atoms with Gasteiger partial charge in [-0.3, -0.25) is 9.36 Å². The Kier molecular flexibility index (Phi) is 3.55. The molecule has 1 rings (SSSR count). The number of rotatable bonds is 4. The largest absolute Gasteiger partial charge is 0.389 e. The van der Waals surface area contributed by atoms with Crippen LogP contribution < -0.4 is 11.2 Å². The van der Waals surface area contributed by atoms with E-state index in [4.69, 9.17) is 0 Å². The van der Waals surface area contributed by atoms with Crippen molar-refractivity contribution < 1.29 is 9.84 Å². The van der Waals surface area contributed by atoms with Gasteiger partial charge in [0.1, 0.15) is 6.20 Å². The first-order chi connectivity index (χ1) is 6.65. The fraction of sp³-hybridized carbons (Fsp3) is 0.571. The van der Waals surface area contributed by atoms with Crippen molar-refractivity contribution in [2.75, 3.05) is 13.7 Å². The third-order valence-electron chi connectivity index (χ3n) is 1.60. The highest BCUT2D eigenvalue weighted by molar-refractivity contribution is 4.74. The van der Waals surface area contributed by atoms with E-state index in [2.05, 4.69) is 14.9 Å². The highest BCUT2D eigenvalue weighted by Gasteiger charge is 2.08. The molecule has 1 atom stereocenters. The lowest BCUT2D eigenvalue weighted by atomic mass is 10.4. The first kappa shape index (κ1) is 10.6. The zero-order valence-electron chi connectivity index (χ0n) is 7.64. The number of aliphatic hydroxyl groups is 1. The van der Waals surface area contributed by atoms with Crippen molar-refractivity contribution in [2.24, 2.45) is 0 Å². The van der Waals surface area contributed by atoms with E-state index in [9.17, 15) is 14.7 Å². The van der Waals surface area contributed by atoms with Crippen LogP contribution in [-0.4, -0.2) is 39.7 Å². The summed E-state index contributed by atoms with van der Waals surface area (Å²) in [6.07, 6.45) is 0.0854. The second-order valence-corrected chi connectivity index (χ2v) is 2.73. The maximum absolute atomic E-state index is 11.1. The van der Waals surface area contributed by atoms with Crippen LogP contribution in [0.4, 0.5) is 0 Å². The van der Waals surface area contributed by atoms with Gasteiger partial charge in [0.2, 0.25) is 0 Å². The molecule has 78 valence electrons. The number of aromatic nitrogens is 3. The van der Waals surface area contributed by atoms with Gasteiger partial charge >= 0.3 is 5.69 Å². The highest BCUT2D eigenvalue weighted by Crippen LogP contribution is 1.85. The van der Waals surface area contributed by atoms with Crippen LogP contribution in [0.5, 0.6) is 0 Å². The summed E-state index contributed by atoms with van der Waals surface area (Å²) in [6.45, 7) is -0.0429. The Morgan fingerprint density at radius 2 is 2.43 bits per heavy atom. The van der Waals surface area contributed by atoms with E-state index < -0.39 is 17.4 Å². The lowest BCUT2D eigenvalue weighted by Gasteiger charge is -2.09. The van der Waals surface area contributed by atoms with Crippen molar-refractivity contribution in [3.8, 4) is 0 Å². The molecule has 14 heavy (non-hydrogen) atoms. The third-order valence-corrected chi connectivity index (χ3v) is 1.60. The molecule has 0 aliphatic rings. The van der Waals surface area contributed by atoms with E-state index in [0.717, 1.165) is 10.8 Å². The Labute approximate surface area is 79.0 Å². The Morgan fingerprint density at radius 1 is 1.71 bits per heavy atom. The molecule has 1 heterocycles. The molecular formula is C7H11N3O4. The fourth-order valence-electron chi connectivity index (χ4n) is 1.00. The van der Waals surface area contributed by atoms with Crippen LogP contribution in [0.3, 0.4) is 0 Å². The maximum atomic E-state index is 11.1. The summed E-state index contributed by atoms with van der Waals surface area (Å²) in [5.74, 6) is 0. The van der Waals surface area contributed by atoms with Crippen molar-refractivity contribution in [3.05, 3.63) is 27.0 Å². The number of ether oxygens (including phenoxy) is 1. The number of methoxy groups -OCH3 is 1. The van der Waals surface area contributed by atoms with Crippen molar-refractivity contribution in [1.29, 1.82) is 0 Å². The van der Waals surface area contributed by atoms with Gasteiger partial charge in [0, 0.05) is 7.11 Å². The van der Waals surface area contributed by atoms with Crippen molar-refractivity contribution in [3.63, 3.8) is 0 Å². The molecule has 0 unspecified atom stereocenters. The average molecular weight is 201 g/mol. The van der Waals surface area contributed by atoms with Crippen molar-refractivity contribution in [1.82, 2.24) is 14.8 Å². The van der Waals surface area contributed by atoms with Gasteiger partial charge in [0.15, 0.2) is 0 Å². The number of nitrogens with zero attached hydrogens (tertiary/aromatic N) is 2. The van der Waals surface area contributed by atoms with E-state index in [1.807, 2.05) is 0 Å². The van der Waals surface area contributed by atoms with Crippen LogP contribution in [0.15, 0.2) is 15.8 Å². The van der Waals surface area contributed by atoms with Crippen LogP contribution in [0, 0.1) is 0 Å². The number of aromatic amines is 1. The summed E-state index contributed by atoms with van der Waals surface area (Å²) in [4.78, 5) is 22.2. The van der Waals surface area contributed by atoms with Crippen molar-refractivity contribution >= 4 is 0 Å². The standard InChI is InChI=1S/C7H11N3O4/c1-14-4-5(11)3-10-6(12)2-8-9-7(10)13/h2,5,11H,3-4H2,1H3,(H,9,13)/t5-/m1/s1. The molecular weight excluding hydrogens is 190 g/mol. The number of hydrogen-bond donors (Lipinski definition) is 2. The maximum Gasteiger partial charge on any atom is 0.344 e. The normalized spacial score (nSPS) is 12.7. The Morgan fingerprint density at radius 3 is 3.00 bits per heavy atom. The Balaban J connectivity index is 2.86. The molecule has 1 aromatic heterocycles. The van der Waals surface area contributed by atoms with Gasteiger partial charge in [0.25, 0.3) is 5.56 Å². The van der Waals surface area contributed by atoms with E-state index in [1.165, 1.54) is 7.11 Å². The van der Waals surface area contributed by atoms with Crippen LogP contribution in [0.25, 0.3) is 0 Å². The minimum atomic E-state index is -0.888. The first-order valence-corrected chi connectivity index (χ1v) is 3.96. The zero-order chi connectivity index (χ0) is 10.6. The molecule has 7 heteroatoms. The molecule has 0 aliphatic carbocycles. The SMILES string of the molecule is COC[C@H](O)Cn1c(=O)cn[nH]c1=O. The number of aliphatic hydroxyl groups excluding tert-OH is 1. The van der Waals surface area contributed by atoms with E-state index in [1.54, 1.807) is 0 Å². The molecule has 0 saturated carbocycles. The Bertz CT molecular complexity index is 368. The summed E-state index contributed by atoms with van der Waals surface area (Å²) >= 11 is 0. The molecule has 7 nitrogen and oxygen atoms in total. The molecule has 0 bridgehead atoms. The summed E-state index contributed by atoms with van der Waals surface area (Å²) in [5.41, 5.74) is -1.20. The lowest BCUT2D eigenvalue weighted by Crippen LogP contribution is -2.39. The second kappa shape index (κ2) is 4.68. The molecule has 0 aromatic carbocycles. The average Bonchev–Trinajstić information content (AvgIpc) is 2.12. The fourth-order valence-corrected chi connectivity index (χ4v) is 1.00. The molecule has 2 N–H and O–H groups in total. The van der Waals surface area contributed by atoms with Gasteiger partial charge in [-0.05, 0) is 0 Å². The minimum Gasteiger partial charge on any atom is -0.389 e. The number of hydrogen-bond acceptors (Lipinski definition) is 5. The first-order valence-electron chi connectivity index (χ1n) is 3.96. The van der Waals surface area contributed by atoms with Gasteiger partial charge in [-0.15, -0.1) is 0 Å². The van der Waals surface area contributed by atoms with E-state index in [0.29, 0.717) is 0 Å². The summed E-state index contributed by atoms with van der Waals surface area (Å²) < 4.78 is 5.52. The van der Waals surface area contributed by atoms with Gasteiger partial charge in [-0.2, -0.15) is 5.10 Å². The van der Waals surface area contributed by atoms with Crippen LogP contribution in [0.1, 0.15) is 0 Å².